The number of anilines is 1. The Hall–Kier alpha value is -2.99. The Balaban J connectivity index is 1.54. The maximum atomic E-state index is 6.28. The van der Waals surface area contributed by atoms with Crippen molar-refractivity contribution >= 4 is 23.1 Å². The van der Waals surface area contributed by atoms with Gasteiger partial charge < -0.3 is 9.80 Å². The van der Waals surface area contributed by atoms with Crippen LogP contribution in [0.5, 0.6) is 0 Å². The van der Waals surface area contributed by atoms with Crippen LogP contribution in [0.2, 0.25) is 5.02 Å². The first kappa shape index (κ1) is 18.4. The van der Waals surface area contributed by atoms with Crippen LogP contribution in [0.4, 0.5) is 5.82 Å². The zero-order valence-electron chi connectivity index (χ0n) is 15.7. The Morgan fingerprint density at radius 1 is 1.00 bits per heavy atom. The van der Waals surface area contributed by atoms with Gasteiger partial charge in [-0.3, -0.25) is 0 Å². The van der Waals surface area contributed by atoms with E-state index in [0.29, 0.717) is 10.8 Å². The molecule has 1 fully saturated rings. The van der Waals surface area contributed by atoms with Crippen molar-refractivity contribution in [3.05, 3.63) is 71.9 Å². The summed E-state index contributed by atoms with van der Waals surface area (Å²) < 4.78 is 0. The number of piperazine rings is 1. The van der Waals surface area contributed by atoms with Crippen molar-refractivity contribution < 1.29 is 0 Å². The van der Waals surface area contributed by atoms with E-state index < -0.39 is 0 Å². The van der Waals surface area contributed by atoms with E-state index in [1.807, 2.05) is 37.3 Å². The average molecular weight is 393 g/mol. The molecule has 4 rings (SSSR count). The van der Waals surface area contributed by atoms with Gasteiger partial charge in [0, 0.05) is 66.6 Å². The van der Waals surface area contributed by atoms with E-state index >= 15 is 0 Å². The largest absolute Gasteiger partial charge is 0.368 e. The SMILES string of the molecule is C=C(c1cc(Cl)ccc1-c1ncccn1)N1CCN(c2ccnc(C)n2)CC1. The molecule has 0 unspecified atom stereocenters. The fourth-order valence-electron chi connectivity index (χ4n) is 3.38. The van der Waals surface area contributed by atoms with Crippen LogP contribution in [0.3, 0.4) is 0 Å². The Morgan fingerprint density at radius 3 is 2.46 bits per heavy atom. The van der Waals surface area contributed by atoms with Gasteiger partial charge in [0.1, 0.15) is 11.6 Å². The van der Waals surface area contributed by atoms with Crippen LogP contribution in [0.1, 0.15) is 11.4 Å². The van der Waals surface area contributed by atoms with Gasteiger partial charge in [0.2, 0.25) is 0 Å². The highest BCUT2D eigenvalue weighted by Crippen LogP contribution is 2.31. The van der Waals surface area contributed by atoms with Crippen LogP contribution >= 0.6 is 11.6 Å². The molecule has 0 bridgehead atoms. The van der Waals surface area contributed by atoms with Gasteiger partial charge >= 0.3 is 0 Å². The first-order valence-electron chi connectivity index (χ1n) is 9.17. The second kappa shape index (κ2) is 7.94. The first-order chi connectivity index (χ1) is 13.6. The van der Waals surface area contributed by atoms with Gasteiger partial charge in [-0.25, -0.2) is 19.9 Å². The number of halogens is 1. The smallest absolute Gasteiger partial charge is 0.159 e. The van der Waals surface area contributed by atoms with Crippen molar-refractivity contribution in [3.63, 3.8) is 0 Å². The maximum Gasteiger partial charge on any atom is 0.159 e. The van der Waals surface area contributed by atoms with Crippen LogP contribution < -0.4 is 4.90 Å². The molecule has 3 heterocycles. The Labute approximate surface area is 169 Å². The molecule has 2 aromatic heterocycles. The van der Waals surface area contributed by atoms with E-state index in [1.165, 1.54) is 0 Å². The van der Waals surface area contributed by atoms with Crippen LogP contribution in [0.25, 0.3) is 17.1 Å². The number of aryl methyl sites for hydroxylation is 1. The third kappa shape index (κ3) is 3.82. The molecular weight excluding hydrogens is 372 g/mol. The molecule has 3 aromatic rings. The average Bonchev–Trinajstić information content (AvgIpc) is 2.74. The molecule has 0 atom stereocenters. The third-order valence-electron chi connectivity index (χ3n) is 4.85. The molecule has 1 aromatic carbocycles. The number of nitrogens with zero attached hydrogens (tertiary/aromatic N) is 6. The third-order valence-corrected chi connectivity index (χ3v) is 5.08. The van der Waals surface area contributed by atoms with E-state index in [0.717, 1.165) is 54.6 Å². The predicted octanol–water partition coefficient (Wildman–Crippen LogP) is 3.69. The molecule has 1 aliphatic rings. The highest BCUT2D eigenvalue weighted by atomic mass is 35.5. The minimum absolute atomic E-state index is 0.672. The molecule has 0 spiro atoms. The molecule has 142 valence electrons. The van der Waals surface area contributed by atoms with Gasteiger partial charge in [0.05, 0.1) is 0 Å². The van der Waals surface area contributed by atoms with Gasteiger partial charge in [0.15, 0.2) is 5.82 Å². The molecule has 0 radical (unpaired) electrons. The lowest BCUT2D eigenvalue weighted by molar-refractivity contribution is 0.367. The Kier molecular flexibility index (Phi) is 5.21. The summed E-state index contributed by atoms with van der Waals surface area (Å²) in [4.78, 5) is 22.0. The standard InChI is InChI=1S/C21H21ClN6/c1-15(19-14-17(22)4-5-18(19)21-24-7-3-8-25-21)27-10-12-28(13-11-27)20-6-9-23-16(2)26-20/h3-9,14H,1,10-13H2,2H3. The van der Waals surface area contributed by atoms with Crippen LogP contribution in [-0.2, 0) is 0 Å². The van der Waals surface area contributed by atoms with Crippen molar-refractivity contribution in [2.24, 2.45) is 0 Å². The van der Waals surface area contributed by atoms with E-state index in [9.17, 15) is 0 Å². The molecule has 0 aliphatic carbocycles. The second-order valence-electron chi connectivity index (χ2n) is 6.65. The zero-order chi connectivity index (χ0) is 19.5. The number of rotatable bonds is 4. The maximum absolute atomic E-state index is 6.28. The minimum Gasteiger partial charge on any atom is -0.368 e. The number of hydrogen-bond acceptors (Lipinski definition) is 6. The van der Waals surface area contributed by atoms with Gasteiger partial charge in [-0.15, -0.1) is 0 Å². The topological polar surface area (TPSA) is 58.0 Å². The summed E-state index contributed by atoms with van der Waals surface area (Å²) in [6.07, 6.45) is 5.29. The van der Waals surface area contributed by atoms with E-state index in [2.05, 4.69) is 36.3 Å². The molecule has 28 heavy (non-hydrogen) atoms. The summed E-state index contributed by atoms with van der Waals surface area (Å²) in [5, 5.41) is 0.672. The van der Waals surface area contributed by atoms with E-state index in [1.54, 1.807) is 18.6 Å². The summed E-state index contributed by atoms with van der Waals surface area (Å²) >= 11 is 6.28. The van der Waals surface area contributed by atoms with Crippen molar-refractivity contribution in [1.82, 2.24) is 24.8 Å². The highest BCUT2D eigenvalue weighted by molar-refractivity contribution is 6.30. The fraction of sp³-hybridized carbons (Fsp3) is 0.238. The summed E-state index contributed by atoms with van der Waals surface area (Å²) in [6.45, 7) is 9.70. The molecular formula is C21H21ClN6. The predicted molar refractivity (Wildman–Crippen MR) is 112 cm³/mol. The molecule has 7 heteroatoms. The summed E-state index contributed by atoms with van der Waals surface area (Å²) in [5.74, 6) is 2.43. The number of benzene rings is 1. The summed E-state index contributed by atoms with van der Waals surface area (Å²) in [7, 11) is 0. The van der Waals surface area contributed by atoms with Crippen LogP contribution in [0, 0.1) is 6.92 Å². The number of aromatic nitrogens is 4. The molecule has 1 saturated heterocycles. The van der Waals surface area contributed by atoms with Crippen LogP contribution in [0.15, 0.2) is 55.5 Å². The van der Waals surface area contributed by atoms with Crippen LogP contribution in [-0.4, -0.2) is 51.0 Å². The fourth-order valence-corrected chi connectivity index (χ4v) is 3.56. The normalized spacial score (nSPS) is 14.2. The zero-order valence-corrected chi connectivity index (χ0v) is 16.5. The van der Waals surface area contributed by atoms with Gasteiger partial charge in [-0.1, -0.05) is 18.2 Å². The lowest BCUT2D eigenvalue weighted by Crippen LogP contribution is -2.45. The van der Waals surface area contributed by atoms with Crippen molar-refractivity contribution in [2.75, 3.05) is 31.1 Å². The molecule has 0 amide bonds. The Bertz CT molecular complexity index is 983. The molecule has 0 saturated carbocycles. The minimum atomic E-state index is 0.672. The van der Waals surface area contributed by atoms with E-state index in [-0.39, 0.29) is 0 Å². The monoisotopic (exact) mass is 392 g/mol. The Morgan fingerprint density at radius 2 is 1.75 bits per heavy atom. The molecule has 1 aliphatic heterocycles. The van der Waals surface area contributed by atoms with Gasteiger partial charge in [0.25, 0.3) is 0 Å². The molecule has 0 N–H and O–H groups in total. The summed E-state index contributed by atoms with van der Waals surface area (Å²) in [6, 6.07) is 9.52. The van der Waals surface area contributed by atoms with Crippen molar-refractivity contribution in [1.29, 1.82) is 0 Å². The van der Waals surface area contributed by atoms with E-state index in [4.69, 9.17) is 11.6 Å². The second-order valence-corrected chi connectivity index (χ2v) is 7.08. The number of hydrogen-bond donors (Lipinski definition) is 0. The van der Waals surface area contributed by atoms with Crippen molar-refractivity contribution in [3.8, 4) is 11.4 Å². The first-order valence-corrected chi connectivity index (χ1v) is 9.55. The highest BCUT2D eigenvalue weighted by Gasteiger charge is 2.22. The summed E-state index contributed by atoms with van der Waals surface area (Å²) in [5.41, 5.74) is 2.83. The van der Waals surface area contributed by atoms with Crippen molar-refractivity contribution in [2.45, 2.75) is 6.92 Å². The lowest BCUT2D eigenvalue weighted by Gasteiger charge is -2.38. The quantitative estimate of drug-likeness (QED) is 0.675. The van der Waals surface area contributed by atoms with Gasteiger partial charge in [-0.05, 0) is 37.3 Å². The lowest BCUT2D eigenvalue weighted by atomic mass is 10.0. The molecule has 6 nitrogen and oxygen atoms in total. The van der Waals surface area contributed by atoms with Gasteiger partial charge in [-0.2, -0.15) is 0 Å².